The molecule has 3 aliphatic rings. The van der Waals surface area contributed by atoms with Crippen LogP contribution in [0, 0.1) is 16.3 Å². The van der Waals surface area contributed by atoms with Crippen molar-refractivity contribution in [1.82, 2.24) is 5.32 Å². The molecule has 1 aliphatic heterocycles. The lowest BCUT2D eigenvalue weighted by molar-refractivity contribution is 0.0961. The highest BCUT2D eigenvalue weighted by molar-refractivity contribution is 5.69. The van der Waals surface area contributed by atoms with Crippen molar-refractivity contribution in [3.63, 3.8) is 0 Å². The fourth-order valence-corrected chi connectivity index (χ4v) is 1.28. The number of carbonyl (C=O) groups excluding carboxylic acids is 1. The summed E-state index contributed by atoms with van der Waals surface area (Å²) in [6, 6.07) is 5.22. The molecule has 2 aliphatic carbocycles. The molecule has 1 heterocycles. The lowest BCUT2D eigenvalue weighted by Gasteiger charge is -2.00. The van der Waals surface area contributed by atoms with Gasteiger partial charge in [-0.3, -0.25) is 0 Å². The minimum absolute atomic E-state index is 0.0579. The number of nitrogens with one attached hydrogen (secondary N) is 1. The Balaban J connectivity index is 0.000000114. The SMILES string of the molecule is Fc1cc2ccc1=2.O=C1NCC(CO)O1. The van der Waals surface area contributed by atoms with Gasteiger partial charge in [0.05, 0.1) is 13.2 Å². The molecule has 1 saturated heterocycles. The number of amides is 1. The van der Waals surface area contributed by atoms with Gasteiger partial charge in [-0.05, 0) is 11.3 Å². The minimum atomic E-state index is -0.441. The Hall–Kier alpha value is -1.62. The maximum atomic E-state index is 12.0. The number of benzene rings is 1. The Morgan fingerprint density at radius 1 is 1.60 bits per heavy atom. The van der Waals surface area contributed by atoms with Crippen LogP contribution in [-0.4, -0.2) is 30.5 Å². The van der Waals surface area contributed by atoms with E-state index in [1.807, 2.05) is 6.07 Å². The summed E-state index contributed by atoms with van der Waals surface area (Å²) < 4.78 is 16.5. The summed E-state index contributed by atoms with van der Waals surface area (Å²) in [6.45, 7) is 0.327. The number of rotatable bonds is 1. The van der Waals surface area contributed by atoms with Gasteiger partial charge in [0.1, 0.15) is 11.9 Å². The van der Waals surface area contributed by atoms with Crippen LogP contribution in [-0.2, 0) is 4.74 Å². The molecule has 5 heteroatoms. The van der Waals surface area contributed by atoms with Crippen molar-refractivity contribution in [2.45, 2.75) is 6.10 Å². The van der Waals surface area contributed by atoms with Crippen molar-refractivity contribution in [3.8, 4) is 0 Å². The Kier molecular flexibility index (Phi) is 2.55. The third kappa shape index (κ3) is 1.92. The number of hydrogen-bond acceptors (Lipinski definition) is 3. The smallest absolute Gasteiger partial charge is 0.407 e. The first-order valence-corrected chi connectivity index (χ1v) is 4.56. The summed E-state index contributed by atoms with van der Waals surface area (Å²) in [5.74, 6) is -0.0579. The molecule has 1 unspecified atom stereocenters. The Morgan fingerprint density at radius 2 is 2.40 bits per heavy atom. The van der Waals surface area contributed by atoms with Crippen LogP contribution in [0.2, 0.25) is 0 Å². The van der Waals surface area contributed by atoms with Crippen molar-refractivity contribution in [1.29, 1.82) is 0 Å². The monoisotopic (exact) mass is 211 g/mol. The molecule has 1 fully saturated rings. The van der Waals surface area contributed by atoms with E-state index in [-0.39, 0.29) is 18.5 Å². The molecule has 2 N–H and O–H groups in total. The largest absolute Gasteiger partial charge is 0.442 e. The van der Waals surface area contributed by atoms with Gasteiger partial charge >= 0.3 is 6.09 Å². The predicted molar refractivity (Wildman–Crippen MR) is 49.4 cm³/mol. The summed E-state index contributed by atoms with van der Waals surface area (Å²) >= 11 is 0. The molecule has 0 bridgehead atoms. The number of alkyl carbamates (subject to hydrolysis) is 1. The third-order valence-electron chi connectivity index (χ3n) is 2.23. The van der Waals surface area contributed by atoms with Gasteiger partial charge in [0.15, 0.2) is 0 Å². The van der Waals surface area contributed by atoms with Gasteiger partial charge in [0, 0.05) is 5.22 Å². The van der Waals surface area contributed by atoms with E-state index in [2.05, 4.69) is 10.1 Å². The number of aliphatic hydroxyl groups is 1. The van der Waals surface area contributed by atoms with Crippen LogP contribution in [0.5, 0.6) is 0 Å². The van der Waals surface area contributed by atoms with Gasteiger partial charge in [-0.25, -0.2) is 9.18 Å². The second-order valence-electron chi connectivity index (χ2n) is 3.29. The highest BCUT2D eigenvalue weighted by Crippen LogP contribution is 2.12. The van der Waals surface area contributed by atoms with E-state index in [9.17, 15) is 9.18 Å². The molecule has 0 aromatic carbocycles. The van der Waals surface area contributed by atoms with Crippen LogP contribution in [0.3, 0.4) is 0 Å². The van der Waals surface area contributed by atoms with Crippen molar-refractivity contribution < 1.29 is 19.0 Å². The number of hydrogen-bond donors (Lipinski definition) is 2. The van der Waals surface area contributed by atoms with Crippen molar-refractivity contribution >= 4 is 6.09 Å². The van der Waals surface area contributed by atoms with Gasteiger partial charge in [0.2, 0.25) is 0 Å². The predicted octanol–water partition coefficient (Wildman–Crippen LogP) is 0.513. The fourth-order valence-electron chi connectivity index (χ4n) is 1.28. The number of ether oxygens (including phenoxy) is 1. The molecule has 0 aromatic rings. The van der Waals surface area contributed by atoms with Crippen molar-refractivity contribution in [2.75, 3.05) is 13.2 Å². The molecule has 1 atom stereocenters. The van der Waals surface area contributed by atoms with E-state index in [0.29, 0.717) is 6.54 Å². The van der Waals surface area contributed by atoms with Crippen LogP contribution in [0.1, 0.15) is 0 Å². The van der Waals surface area contributed by atoms with Gasteiger partial charge in [-0.2, -0.15) is 0 Å². The van der Waals surface area contributed by atoms with E-state index in [4.69, 9.17) is 5.11 Å². The Morgan fingerprint density at radius 3 is 2.53 bits per heavy atom. The van der Waals surface area contributed by atoms with E-state index >= 15 is 0 Å². The Labute approximate surface area is 85.0 Å². The summed E-state index contributed by atoms with van der Waals surface area (Å²) in [7, 11) is 0. The van der Waals surface area contributed by atoms with Crippen molar-refractivity contribution in [3.05, 3.63) is 34.5 Å². The molecule has 3 rings (SSSR count). The van der Waals surface area contributed by atoms with E-state index in [1.54, 1.807) is 6.07 Å². The summed E-state index contributed by atoms with van der Waals surface area (Å²) in [5, 5.41) is 12.6. The number of halogens is 1. The third-order valence-corrected chi connectivity index (χ3v) is 2.23. The highest BCUT2D eigenvalue weighted by Gasteiger charge is 2.20. The zero-order valence-corrected chi connectivity index (χ0v) is 7.87. The first-order chi connectivity index (χ1) is 7.20. The first kappa shape index (κ1) is 9.92. The molecular weight excluding hydrogens is 201 g/mol. The molecule has 0 spiro atoms. The molecule has 15 heavy (non-hydrogen) atoms. The zero-order chi connectivity index (χ0) is 10.8. The van der Waals surface area contributed by atoms with Gasteiger partial charge < -0.3 is 15.2 Å². The quantitative estimate of drug-likeness (QED) is 0.722. The molecular formula is C10H10FNO3. The topological polar surface area (TPSA) is 58.6 Å². The second-order valence-corrected chi connectivity index (χ2v) is 3.29. The Bertz CT molecular complexity index is 474. The molecule has 0 aromatic heterocycles. The van der Waals surface area contributed by atoms with E-state index in [0.717, 1.165) is 10.4 Å². The lowest BCUT2D eigenvalue weighted by atomic mass is 10.1. The van der Waals surface area contributed by atoms with Crippen LogP contribution >= 0.6 is 0 Å². The van der Waals surface area contributed by atoms with Gasteiger partial charge in [-0.1, -0.05) is 12.1 Å². The van der Waals surface area contributed by atoms with Crippen LogP contribution < -0.4 is 5.32 Å². The lowest BCUT2D eigenvalue weighted by Crippen LogP contribution is -2.17. The van der Waals surface area contributed by atoms with E-state index < -0.39 is 6.09 Å². The minimum Gasteiger partial charge on any atom is -0.442 e. The van der Waals surface area contributed by atoms with Gasteiger partial charge in [-0.15, -0.1) is 0 Å². The van der Waals surface area contributed by atoms with Crippen LogP contribution in [0.25, 0.3) is 0 Å². The first-order valence-electron chi connectivity index (χ1n) is 4.56. The zero-order valence-electron chi connectivity index (χ0n) is 7.87. The summed E-state index contributed by atoms with van der Waals surface area (Å²) in [6.07, 6.45) is -0.772. The van der Waals surface area contributed by atoms with Gasteiger partial charge in [0.25, 0.3) is 0 Å². The molecule has 80 valence electrons. The number of cyclic esters (lactones) is 1. The van der Waals surface area contributed by atoms with Crippen LogP contribution in [0.15, 0.2) is 18.2 Å². The molecule has 0 saturated carbocycles. The standard InChI is InChI=1S/C6H3F.C4H7NO3/c7-6-3-4-1-2-5(4)6;6-2-3-1-5-4(7)8-3/h1-3H;3,6H,1-2H2,(H,5,7). The molecule has 4 nitrogen and oxygen atoms in total. The highest BCUT2D eigenvalue weighted by atomic mass is 19.1. The number of aliphatic hydroxyl groups excluding tert-OH is 1. The number of carbonyl (C=O) groups is 1. The van der Waals surface area contributed by atoms with Crippen LogP contribution in [0.4, 0.5) is 9.18 Å². The summed E-state index contributed by atoms with van der Waals surface area (Å²) in [4.78, 5) is 10.2. The average Bonchev–Trinajstić information content (AvgIpc) is 2.61. The molecule has 1 amide bonds. The van der Waals surface area contributed by atoms with E-state index in [1.165, 1.54) is 6.07 Å². The maximum Gasteiger partial charge on any atom is 0.407 e. The second kappa shape index (κ2) is 3.86. The fraction of sp³-hybridized carbons (Fsp3) is 0.300. The normalized spacial score (nSPS) is 19.9. The summed E-state index contributed by atoms with van der Waals surface area (Å²) in [5.41, 5.74) is 0. The maximum absolute atomic E-state index is 12.0. The van der Waals surface area contributed by atoms with Crippen molar-refractivity contribution in [2.24, 2.45) is 0 Å². The average molecular weight is 211 g/mol. The molecule has 0 radical (unpaired) electrons.